The number of benzene rings is 1. The minimum atomic E-state index is -0.0619. The molecule has 1 aromatic carbocycles. The molecule has 1 amide bonds. The van der Waals surface area contributed by atoms with Crippen LogP contribution in [0.1, 0.15) is 16.3 Å². The molecule has 0 unspecified atom stereocenters. The van der Waals surface area contributed by atoms with Crippen LogP contribution in [0.25, 0.3) is 11.8 Å². The maximum absolute atomic E-state index is 12.2. The van der Waals surface area contributed by atoms with Crippen LogP contribution in [0.2, 0.25) is 0 Å². The summed E-state index contributed by atoms with van der Waals surface area (Å²) in [5, 5.41) is 7.27. The lowest BCUT2D eigenvalue weighted by atomic mass is 10.3. The van der Waals surface area contributed by atoms with Crippen LogP contribution in [0.3, 0.4) is 0 Å². The summed E-state index contributed by atoms with van der Waals surface area (Å²) in [6, 6.07) is 9.89. The second-order valence-corrected chi connectivity index (χ2v) is 6.51. The summed E-state index contributed by atoms with van der Waals surface area (Å²) in [6.07, 6.45) is 7.02. The lowest BCUT2D eigenvalue weighted by molar-refractivity contribution is -0.125. The smallest absolute Gasteiger partial charge is 0.246 e. The van der Waals surface area contributed by atoms with Gasteiger partial charge in [-0.05, 0) is 25.1 Å². The van der Waals surface area contributed by atoms with E-state index in [1.165, 1.54) is 0 Å². The molecule has 0 spiro atoms. The zero-order valence-electron chi connectivity index (χ0n) is 13.6. The summed E-state index contributed by atoms with van der Waals surface area (Å²) in [7, 11) is 1.78. The van der Waals surface area contributed by atoms with Crippen molar-refractivity contribution < 1.29 is 4.79 Å². The summed E-state index contributed by atoms with van der Waals surface area (Å²) >= 11 is 1.57. The minimum absolute atomic E-state index is 0.0619. The average Bonchev–Trinajstić information content (AvgIpc) is 3.22. The lowest BCUT2D eigenvalue weighted by Crippen LogP contribution is -2.23. The Labute approximate surface area is 144 Å². The monoisotopic (exact) mass is 338 g/mol. The molecule has 3 rings (SSSR count). The van der Waals surface area contributed by atoms with Gasteiger partial charge in [0.1, 0.15) is 0 Å². The van der Waals surface area contributed by atoms with Crippen LogP contribution in [0.5, 0.6) is 0 Å². The third kappa shape index (κ3) is 3.97. The van der Waals surface area contributed by atoms with Crippen molar-refractivity contribution in [2.75, 3.05) is 7.05 Å². The normalized spacial score (nSPS) is 11.1. The molecule has 0 saturated heterocycles. The van der Waals surface area contributed by atoms with E-state index in [4.69, 9.17) is 0 Å². The number of nitrogens with zero attached hydrogens (tertiary/aromatic N) is 4. The van der Waals surface area contributed by atoms with Crippen molar-refractivity contribution in [3.63, 3.8) is 0 Å². The number of carbonyl (C=O) groups is 1. The Morgan fingerprint density at radius 3 is 2.83 bits per heavy atom. The molecule has 122 valence electrons. The molecule has 0 aliphatic carbocycles. The number of carbonyl (C=O) groups excluding carboxylic acids is 1. The van der Waals surface area contributed by atoms with Gasteiger partial charge in [-0.15, -0.1) is 11.3 Å². The molecule has 6 heteroatoms. The predicted octanol–water partition coefficient (Wildman–Crippen LogP) is 3.31. The maximum Gasteiger partial charge on any atom is 0.246 e. The highest BCUT2D eigenvalue weighted by Crippen LogP contribution is 2.11. The Kier molecular flexibility index (Phi) is 4.86. The molecule has 2 aromatic heterocycles. The fourth-order valence-electron chi connectivity index (χ4n) is 2.26. The summed E-state index contributed by atoms with van der Waals surface area (Å²) in [6.45, 7) is 2.45. The van der Waals surface area contributed by atoms with E-state index in [9.17, 15) is 4.79 Å². The van der Waals surface area contributed by atoms with Gasteiger partial charge in [0.2, 0.25) is 5.91 Å². The summed E-state index contributed by atoms with van der Waals surface area (Å²) in [5.74, 6) is -0.0619. The molecular weight excluding hydrogens is 320 g/mol. The molecule has 0 bridgehead atoms. The number of likely N-dealkylation sites (N-methyl/N-ethyl adjacent to an activating group) is 1. The first-order valence-corrected chi connectivity index (χ1v) is 8.44. The quantitative estimate of drug-likeness (QED) is 0.671. The molecule has 0 N–H and O–H groups in total. The largest absolute Gasteiger partial charge is 0.338 e. The molecule has 0 radical (unpaired) electrons. The Morgan fingerprint density at radius 2 is 2.12 bits per heavy atom. The van der Waals surface area contributed by atoms with Crippen molar-refractivity contribution in [3.8, 4) is 5.69 Å². The average molecular weight is 338 g/mol. The van der Waals surface area contributed by atoms with Crippen LogP contribution in [0.4, 0.5) is 0 Å². The third-order valence-corrected chi connectivity index (χ3v) is 4.28. The van der Waals surface area contributed by atoms with Crippen LogP contribution in [-0.4, -0.2) is 32.6 Å². The number of aryl methyl sites for hydroxylation is 1. The lowest BCUT2D eigenvalue weighted by Gasteiger charge is -2.13. The Bertz CT molecular complexity index is 851. The molecule has 0 aliphatic heterocycles. The van der Waals surface area contributed by atoms with Crippen molar-refractivity contribution >= 4 is 23.3 Å². The second kappa shape index (κ2) is 7.23. The van der Waals surface area contributed by atoms with Crippen LogP contribution in [-0.2, 0) is 11.3 Å². The SMILES string of the molecule is Cc1nc(/C=C/C(=O)N(C)Cc2cnn(-c3ccccc3)c2)cs1. The predicted molar refractivity (Wildman–Crippen MR) is 95.9 cm³/mol. The summed E-state index contributed by atoms with van der Waals surface area (Å²) < 4.78 is 1.81. The van der Waals surface area contributed by atoms with Crippen molar-refractivity contribution in [2.24, 2.45) is 0 Å². The zero-order valence-corrected chi connectivity index (χ0v) is 14.4. The van der Waals surface area contributed by atoms with Crippen molar-refractivity contribution in [1.82, 2.24) is 19.7 Å². The topological polar surface area (TPSA) is 51.0 Å². The highest BCUT2D eigenvalue weighted by Gasteiger charge is 2.08. The summed E-state index contributed by atoms with van der Waals surface area (Å²) in [4.78, 5) is 18.2. The zero-order chi connectivity index (χ0) is 16.9. The van der Waals surface area contributed by atoms with Gasteiger partial charge in [0, 0.05) is 36.8 Å². The van der Waals surface area contributed by atoms with E-state index >= 15 is 0 Å². The van der Waals surface area contributed by atoms with Gasteiger partial charge >= 0.3 is 0 Å². The van der Waals surface area contributed by atoms with Crippen LogP contribution < -0.4 is 0 Å². The minimum Gasteiger partial charge on any atom is -0.338 e. The fraction of sp³-hybridized carbons (Fsp3) is 0.167. The van der Waals surface area contributed by atoms with Crippen molar-refractivity contribution in [3.05, 3.63) is 70.4 Å². The third-order valence-electron chi connectivity index (χ3n) is 3.49. The van der Waals surface area contributed by atoms with Crippen molar-refractivity contribution in [1.29, 1.82) is 0 Å². The summed E-state index contributed by atoms with van der Waals surface area (Å²) in [5.41, 5.74) is 2.79. The van der Waals surface area contributed by atoms with E-state index in [0.717, 1.165) is 22.0 Å². The standard InChI is InChI=1S/C18H18N4OS/c1-14-20-16(13-24-14)8-9-18(23)21(2)11-15-10-19-22(12-15)17-6-4-3-5-7-17/h3-10,12-13H,11H2,1-2H3/b9-8+. The number of rotatable bonds is 5. The molecule has 2 heterocycles. The molecule has 24 heavy (non-hydrogen) atoms. The maximum atomic E-state index is 12.2. The Morgan fingerprint density at radius 1 is 1.33 bits per heavy atom. The van der Waals surface area contributed by atoms with E-state index < -0.39 is 0 Å². The van der Waals surface area contributed by atoms with Crippen LogP contribution >= 0.6 is 11.3 Å². The van der Waals surface area contributed by atoms with Crippen molar-refractivity contribution in [2.45, 2.75) is 13.5 Å². The van der Waals surface area contributed by atoms with Crippen LogP contribution in [0, 0.1) is 6.92 Å². The first-order valence-electron chi connectivity index (χ1n) is 7.56. The number of thiazole rings is 1. The number of aromatic nitrogens is 3. The van der Waals surface area contributed by atoms with Gasteiger partial charge in [-0.3, -0.25) is 4.79 Å². The van der Waals surface area contributed by atoms with Gasteiger partial charge in [0.15, 0.2) is 0 Å². The Hall–Kier alpha value is -2.73. The number of hydrogen-bond donors (Lipinski definition) is 0. The van der Waals surface area contributed by atoms with Gasteiger partial charge in [-0.2, -0.15) is 5.10 Å². The Balaban J connectivity index is 1.62. The van der Waals surface area contributed by atoms with E-state index in [1.807, 2.05) is 53.5 Å². The molecular formula is C18H18N4OS. The molecule has 0 aliphatic rings. The van der Waals surface area contributed by atoms with E-state index in [-0.39, 0.29) is 5.91 Å². The van der Waals surface area contributed by atoms with Gasteiger partial charge in [-0.1, -0.05) is 18.2 Å². The molecule has 0 fully saturated rings. The molecule has 3 aromatic rings. The molecule has 0 saturated carbocycles. The molecule has 5 nitrogen and oxygen atoms in total. The van der Waals surface area contributed by atoms with Gasteiger partial charge in [0.05, 0.1) is 22.6 Å². The van der Waals surface area contributed by atoms with Gasteiger partial charge < -0.3 is 4.90 Å². The number of para-hydroxylation sites is 1. The second-order valence-electron chi connectivity index (χ2n) is 5.45. The van der Waals surface area contributed by atoms with E-state index in [2.05, 4.69) is 10.1 Å². The van der Waals surface area contributed by atoms with E-state index in [0.29, 0.717) is 6.54 Å². The highest BCUT2D eigenvalue weighted by atomic mass is 32.1. The first-order chi connectivity index (χ1) is 11.6. The fourth-order valence-corrected chi connectivity index (χ4v) is 2.84. The number of hydrogen-bond acceptors (Lipinski definition) is 4. The van der Waals surface area contributed by atoms with Crippen LogP contribution in [0.15, 0.2) is 54.2 Å². The number of amides is 1. The van der Waals surface area contributed by atoms with E-state index in [1.54, 1.807) is 41.6 Å². The highest BCUT2D eigenvalue weighted by molar-refractivity contribution is 7.09. The molecule has 0 atom stereocenters. The van der Waals surface area contributed by atoms with Gasteiger partial charge in [0.25, 0.3) is 0 Å². The first kappa shape index (κ1) is 16.1. The van der Waals surface area contributed by atoms with Gasteiger partial charge in [-0.25, -0.2) is 9.67 Å².